The summed E-state index contributed by atoms with van der Waals surface area (Å²) in [6.45, 7) is 0.723. The van der Waals surface area contributed by atoms with Crippen LogP contribution in [-0.2, 0) is 26.7 Å². The minimum atomic E-state index is -4.91. The number of rotatable bonds is 5. The predicted octanol–water partition coefficient (Wildman–Crippen LogP) is 4.13. The van der Waals surface area contributed by atoms with Crippen LogP contribution >= 0.6 is 11.6 Å². The van der Waals surface area contributed by atoms with Gasteiger partial charge in [-0.1, -0.05) is 17.7 Å². The molecule has 0 saturated heterocycles. The van der Waals surface area contributed by atoms with Crippen molar-refractivity contribution in [1.29, 1.82) is 0 Å². The number of halogens is 4. The number of fused-ring (bicyclic) bond motifs is 1. The second-order valence-corrected chi connectivity index (χ2v) is 9.58. The molecule has 1 amide bonds. The average molecular weight is 475 g/mol. The highest BCUT2D eigenvalue weighted by Crippen LogP contribution is 2.52. The van der Waals surface area contributed by atoms with Crippen molar-refractivity contribution in [3.05, 3.63) is 52.5 Å². The van der Waals surface area contributed by atoms with Crippen molar-refractivity contribution >= 4 is 33.2 Å². The normalized spacial score (nSPS) is 17.3. The van der Waals surface area contributed by atoms with E-state index in [0.29, 0.717) is 17.7 Å². The zero-order valence-corrected chi connectivity index (χ0v) is 17.6. The fourth-order valence-electron chi connectivity index (χ4n) is 3.82. The fourth-order valence-corrected chi connectivity index (χ4v) is 5.46. The molecule has 2 aromatic carbocycles. The van der Waals surface area contributed by atoms with Gasteiger partial charge in [0.15, 0.2) is 0 Å². The second-order valence-electron chi connectivity index (χ2n) is 7.52. The lowest BCUT2D eigenvalue weighted by Gasteiger charge is -2.22. The van der Waals surface area contributed by atoms with Crippen LogP contribution in [0.15, 0.2) is 41.3 Å². The molecule has 0 unspecified atom stereocenters. The van der Waals surface area contributed by atoms with Crippen LogP contribution in [0, 0.1) is 0 Å². The molecule has 2 aliphatic rings. The summed E-state index contributed by atoms with van der Waals surface area (Å²) in [4.78, 5) is 13.0. The van der Waals surface area contributed by atoms with Crippen LogP contribution in [0.25, 0.3) is 0 Å². The molecule has 0 bridgehead atoms. The maximum absolute atomic E-state index is 13.0. The summed E-state index contributed by atoms with van der Waals surface area (Å²) in [5.41, 5.74) is 0.0583. The van der Waals surface area contributed by atoms with E-state index in [1.165, 1.54) is 12.1 Å². The van der Waals surface area contributed by atoms with Crippen molar-refractivity contribution in [1.82, 2.24) is 4.72 Å². The van der Waals surface area contributed by atoms with Crippen molar-refractivity contribution in [2.45, 2.75) is 42.4 Å². The van der Waals surface area contributed by atoms with Crippen molar-refractivity contribution in [2.24, 2.45) is 0 Å². The number of sulfonamides is 1. The number of anilines is 1. The first-order valence-electron chi connectivity index (χ1n) is 9.51. The van der Waals surface area contributed by atoms with Crippen LogP contribution in [0.2, 0.25) is 5.02 Å². The van der Waals surface area contributed by atoms with E-state index in [1.807, 2.05) is 0 Å². The number of hydrogen-bond acceptors (Lipinski definition) is 5. The first kappa shape index (κ1) is 21.8. The van der Waals surface area contributed by atoms with Crippen molar-refractivity contribution in [3.8, 4) is 5.75 Å². The Morgan fingerprint density at radius 3 is 2.61 bits per heavy atom. The van der Waals surface area contributed by atoms with Gasteiger partial charge in [-0.05, 0) is 67.1 Å². The largest absolute Gasteiger partial charge is 0.573 e. The van der Waals surface area contributed by atoms with Crippen molar-refractivity contribution in [3.63, 3.8) is 0 Å². The monoisotopic (exact) mass is 474 g/mol. The number of amides is 1. The molecule has 0 spiro atoms. The minimum absolute atomic E-state index is 0.00148. The molecule has 0 atom stereocenters. The standard InChI is InChI=1S/C20H18ClF3N2O4S/c21-15-7-6-12(30-20(22,23)24)11-14(15)19(8-9-19)18(27)26-31(28,29)17-5-1-4-16-13(17)3-2-10-25-16/h1,4-7,11,25H,2-3,8-10H2,(H,26,27). The van der Waals surface area contributed by atoms with Gasteiger partial charge in [0.1, 0.15) is 5.75 Å². The average Bonchev–Trinajstić information content (AvgIpc) is 3.49. The molecule has 31 heavy (non-hydrogen) atoms. The molecule has 0 aromatic heterocycles. The molecule has 6 nitrogen and oxygen atoms in total. The van der Waals surface area contributed by atoms with Crippen LogP contribution < -0.4 is 14.8 Å². The molecule has 11 heteroatoms. The van der Waals surface area contributed by atoms with E-state index in [0.717, 1.165) is 25.1 Å². The van der Waals surface area contributed by atoms with E-state index in [2.05, 4.69) is 14.8 Å². The molecule has 2 N–H and O–H groups in total. The van der Waals surface area contributed by atoms with Gasteiger partial charge in [0.05, 0.1) is 10.3 Å². The number of benzene rings is 2. The minimum Gasteiger partial charge on any atom is -0.406 e. The highest BCUT2D eigenvalue weighted by Gasteiger charge is 2.54. The van der Waals surface area contributed by atoms with Gasteiger partial charge in [0.25, 0.3) is 10.0 Å². The number of alkyl halides is 3. The maximum atomic E-state index is 13.0. The molecule has 2 aromatic rings. The predicted molar refractivity (Wildman–Crippen MR) is 108 cm³/mol. The lowest BCUT2D eigenvalue weighted by Crippen LogP contribution is -2.39. The molecular formula is C20H18ClF3N2O4S. The molecule has 1 saturated carbocycles. The van der Waals surface area contributed by atoms with Gasteiger partial charge in [0.2, 0.25) is 5.91 Å². The van der Waals surface area contributed by atoms with Gasteiger partial charge in [-0.25, -0.2) is 13.1 Å². The van der Waals surface area contributed by atoms with E-state index >= 15 is 0 Å². The Hall–Kier alpha value is -2.46. The summed E-state index contributed by atoms with van der Waals surface area (Å²) >= 11 is 6.14. The number of nitrogens with one attached hydrogen (secondary N) is 2. The summed E-state index contributed by atoms with van der Waals surface area (Å²) in [6.07, 6.45) is -3.12. The molecule has 4 rings (SSSR count). The number of carbonyl (C=O) groups is 1. The molecular weight excluding hydrogens is 457 g/mol. The third kappa shape index (κ3) is 4.31. The Balaban J connectivity index is 1.63. The van der Waals surface area contributed by atoms with Gasteiger partial charge in [-0.2, -0.15) is 0 Å². The van der Waals surface area contributed by atoms with Crippen LogP contribution in [0.4, 0.5) is 18.9 Å². The third-order valence-corrected chi connectivity index (χ3v) is 7.19. The van der Waals surface area contributed by atoms with Crippen molar-refractivity contribution < 1.29 is 31.1 Å². The van der Waals surface area contributed by atoms with Gasteiger partial charge in [-0.3, -0.25) is 4.79 Å². The number of carbonyl (C=O) groups excluding carboxylic acids is 1. The number of ether oxygens (including phenoxy) is 1. The van der Waals surface area contributed by atoms with E-state index in [9.17, 15) is 26.4 Å². The van der Waals surface area contributed by atoms with E-state index in [1.54, 1.807) is 12.1 Å². The molecule has 166 valence electrons. The smallest absolute Gasteiger partial charge is 0.406 e. The molecule has 1 aliphatic heterocycles. The van der Waals surface area contributed by atoms with Crippen molar-refractivity contribution in [2.75, 3.05) is 11.9 Å². The Labute approximate surface area is 181 Å². The summed E-state index contributed by atoms with van der Waals surface area (Å²) in [6, 6.07) is 8.03. The maximum Gasteiger partial charge on any atom is 0.573 e. The molecule has 1 fully saturated rings. The lowest BCUT2D eigenvalue weighted by molar-refractivity contribution is -0.274. The lowest BCUT2D eigenvalue weighted by atomic mass is 9.95. The Bertz CT molecular complexity index is 1150. The SMILES string of the molecule is O=C(NS(=O)(=O)c1cccc2c1CCCN2)C1(c2cc(OC(F)(F)F)ccc2Cl)CC1. The van der Waals surface area contributed by atoms with E-state index in [4.69, 9.17) is 11.6 Å². The van der Waals surface area contributed by atoms with Crippen LogP contribution in [0.5, 0.6) is 5.75 Å². The van der Waals surface area contributed by atoms with Gasteiger partial charge >= 0.3 is 6.36 Å². The summed E-state index contributed by atoms with van der Waals surface area (Å²) < 4.78 is 69.7. The van der Waals surface area contributed by atoms with E-state index < -0.39 is 33.5 Å². The first-order chi connectivity index (χ1) is 14.5. The van der Waals surface area contributed by atoms with Crippen LogP contribution in [0.3, 0.4) is 0 Å². The van der Waals surface area contributed by atoms with Crippen LogP contribution in [-0.4, -0.2) is 27.2 Å². The highest BCUT2D eigenvalue weighted by atomic mass is 35.5. The van der Waals surface area contributed by atoms with Gasteiger partial charge < -0.3 is 10.1 Å². The molecule has 1 aliphatic carbocycles. The third-order valence-electron chi connectivity index (χ3n) is 5.44. The topological polar surface area (TPSA) is 84.5 Å². The molecule has 0 radical (unpaired) electrons. The quantitative estimate of drug-likeness (QED) is 0.680. The zero-order valence-electron chi connectivity index (χ0n) is 16.1. The Morgan fingerprint density at radius 1 is 1.19 bits per heavy atom. The summed E-state index contributed by atoms with van der Waals surface area (Å²) in [5, 5.41) is 3.19. The number of hydrogen-bond donors (Lipinski definition) is 2. The zero-order chi connectivity index (χ0) is 22.4. The summed E-state index contributed by atoms with van der Waals surface area (Å²) in [7, 11) is -4.20. The molecule has 1 heterocycles. The summed E-state index contributed by atoms with van der Waals surface area (Å²) in [5.74, 6) is -1.36. The van der Waals surface area contributed by atoms with E-state index in [-0.39, 0.29) is 28.3 Å². The Kier molecular flexibility index (Phi) is 5.33. The van der Waals surface area contributed by atoms with Gasteiger partial charge in [0, 0.05) is 17.3 Å². The fraction of sp³-hybridized carbons (Fsp3) is 0.350. The van der Waals surface area contributed by atoms with Crippen LogP contribution in [0.1, 0.15) is 30.4 Å². The highest BCUT2D eigenvalue weighted by molar-refractivity contribution is 7.90. The van der Waals surface area contributed by atoms with Gasteiger partial charge in [-0.15, -0.1) is 13.2 Å². The second kappa shape index (κ2) is 7.59. The first-order valence-corrected chi connectivity index (χ1v) is 11.4. The Morgan fingerprint density at radius 2 is 1.94 bits per heavy atom.